The highest BCUT2D eigenvalue weighted by Crippen LogP contribution is 2.32. The maximum Gasteiger partial charge on any atom is 0.257 e. The summed E-state index contributed by atoms with van der Waals surface area (Å²) in [5, 5.41) is 2.59. The summed E-state index contributed by atoms with van der Waals surface area (Å²) < 4.78 is 27.4. The SMILES string of the molecule is Cl.NCC(NC(=O)c1c(F)cc(Br)cc1F)C1CC1. The van der Waals surface area contributed by atoms with E-state index in [4.69, 9.17) is 5.73 Å². The summed E-state index contributed by atoms with van der Waals surface area (Å²) in [6.07, 6.45) is 1.99. The molecule has 1 aliphatic carbocycles. The first kappa shape index (κ1) is 16.3. The summed E-state index contributed by atoms with van der Waals surface area (Å²) >= 11 is 2.96. The van der Waals surface area contributed by atoms with Gasteiger partial charge in [-0.25, -0.2) is 8.78 Å². The second-order valence-electron chi connectivity index (χ2n) is 4.40. The van der Waals surface area contributed by atoms with Crippen molar-refractivity contribution in [1.29, 1.82) is 0 Å². The third-order valence-corrected chi connectivity index (χ3v) is 3.45. The van der Waals surface area contributed by atoms with Crippen molar-refractivity contribution in [2.24, 2.45) is 11.7 Å². The Hall–Kier alpha value is -0.720. The molecule has 0 spiro atoms. The van der Waals surface area contributed by atoms with Crippen molar-refractivity contribution in [3.63, 3.8) is 0 Å². The normalized spacial score (nSPS) is 15.6. The van der Waals surface area contributed by atoms with Crippen LogP contribution in [0.4, 0.5) is 8.78 Å². The first-order valence-electron chi connectivity index (χ1n) is 5.68. The number of carbonyl (C=O) groups excluding carboxylic acids is 1. The van der Waals surface area contributed by atoms with Crippen molar-refractivity contribution in [3.8, 4) is 0 Å². The number of benzene rings is 1. The van der Waals surface area contributed by atoms with Gasteiger partial charge in [0.25, 0.3) is 5.91 Å². The summed E-state index contributed by atoms with van der Waals surface area (Å²) in [6, 6.07) is 1.92. The van der Waals surface area contributed by atoms with Crippen LogP contribution in [0.25, 0.3) is 0 Å². The van der Waals surface area contributed by atoms with Gasteiger partial charge in [-0.1, -0.05) is 15.9 Å². The fraction of sp³-hybridized carbons (Fsp3) is 0.417. The molecule has 0 aromatic heterocycles. The van der Waals surface area contributed by atoms with E-state index in [0.717, 1.165) is 25.0 Å². The number of hydrogen-bond donors (Lipinski definition) is 2. The van der Waals surface area contributed by atoms with E-state index in [0.29, 0.717) is 5.92 Å². The van der Waals surface area contributed by atoms with Crippen LogP contribution >= 0.6 is 28.3 Å². The Kier molecular flexibility index (Phi) is 5.70. The lowest BCUT2D eigenvalue weighted by atomic mass is 10.1. The molecule has 3 nitrogen and oxygen atoms in total. The Morgan fingerprint density at radius 3 is 2.37 bits per heavy atom. The zero-order valence-electron chi connectivity index (χ0n) is 9.96. The standard InChI is InChI=1S/C12H13BrF2N2O.ClH/c13-7-3-8(14)11(9(15)4-7)12(18)17-10(5-16)6-1-2-6;/h3-4,6,10H,1-2,5,16H2,(H,17,18);1H. The van der Waals surface area contributed by atoms with E-state index >= 15 is 0 Å². The monoisotopic (exact) mass is 354 g/mol. The van der Waals surface area contributed by atoms with Gasteiger partial charge >= 0.3 is 0 Å². The van der Waals surface area contributed by atoms with E-state index in [1.165, 1.54) is 0 Å². The van der Waals surface area contributed by atoms with Gasteiger partial charge < -0.3 is 11.1 Å². The van der Waals surface area contributed by atoms with E-state index < -0.39 is 23.1 Å². The van der Waals surface area contributed by atoms with E-state index in [1.807, 2.05) is 0 Å². The minimum absolute atomic E-state index is 0. The van der Waals surface area contributed by atoms with Gasteiger partial charge in [-0.05, 0) is 30.9 Å². The van der Waals surface area contributed by atoms with Crippen LogP contribution in [0.1, 0.15) is 23.2 Å². The lowest BCUT2D eigenvalue weighted by Gasteiger charge is -2.16. The van der Waals surface area contributed by atoms with Crippen LogP contribution in [0.15, 0.2) is 16.6 Å². The second kappa shape index (κ2) is 6.63. The molecule has 0 bridgehead atoms. The summed E-state index contributed by atoms with van der Waals surface area (Å²) in [5.74, 6) is -2.18. The molecule has 1 fully saturated rings. The highest BCUT2D eigenvalue weighted by atomic mass is 79.9. The van der Waals surface area contributed by atoms with Gasteiger partial charge in [0.15, 0.2) is 0 Å². The third-order valence-electron chi connectivity index (χ3n) is 3.00. The van der Waals surface area contributed by atoms with E-state index in [1.54, 1.807) is 0 Å². The molecule has 1 aromatic carbocycles. The fourth-order valence-electron chi connectivity index (χ4n) is 1.87. The smallest absolute Gasteiger partial charge is 0.257 e. The summed E-state index contributed by atoms with van der Waals surface area (Å²) in [4.78, 5) is 11.8. The molecule has 19 heavy (non-hydrogen) atoms. The van der Waals surface area contributed by atoms with Crippen molar-refractivity contribution in [1.82, 2.24) is 5.32 Å². The van der Waals surface area contributed by atoms with Crippen LogP contribution in [0.3, 0.4) is 0 Å². The first-order valence-corrected chi connectivity index (χ1v) is 6.47. The topological polar surface area (TPSA) is 55.1 Å². The predicted octanol–water partition coefficient (Wildman–Crippen LogP) is 2.62. The number of halogens is 4. The molecule has 1 atom stereocenters. The van der Waals surface area contributed by atoms with Gasteiger partial charge in [0.1, 0.15) is 17.2 Å². The number of nitrogens with one attached hydrogen (secondary N) is 1. The molecule has 1 unspecified atom stereocenters. The molecule has 0 saturated heterocycles. The molecular formula is C12H14BrClF2N2O. The van der Waals surface area contributed by atoms with Crippen molar-refractivity contribution in [3.05, 3.63) is 33.8 Å². The lowest BCUT2D eigenvalue weighted by Crippen LogP contribution is -2.42. The average Bonchev–Trinajstić information content (AvgIpc) is 3.08. The Morgan fingerprint density at radius 2 is 1.95 bits per heavy atom. The molecule has 1 aliphatic rings. The molecule has 1 amide bonds. The Morgan fingerprint density at radius 1 is 1.42 bits per heavy atom. The van der Waals surface area contributed by atoms with Crippen molar-refractivity contribution < 1.29 is 13.6 Å². The fourth-order valence-corrected chi connectivity index (χ4v) is 2.27. The van der Waals surface area contributed by atoms with Crippen molar-refractivity contribution >= 4 is 34.2 Å². The molecule has 0 aliphatic heterocycles. The van der Waals surface area contributed by atoms with Gasteiger partial charge in [0.05, 0.1) is 0 Å². The van der Waals surface area contributed by atoms with E-state index in [9.17, 15) is 13.6 Å². The Bertz CT molecular complexity index is 460. The zero-order valence-corrected chi connectivity index (χ0v) is 12.4. The number of amides is 1. The number of carbonyl (C=O) groups is 1. The van der Waals surface area contributed by atoms with Crippen LogP contribution in [-0.2, 0) is 0 Å². The van der Waals surface area contributed by atoms with Gasteiger partial charge in [0, 0.05) is 17.1 Å². The average molecular weight is 356 g/mol. The second-order valence-corrected chi connectivity index (χ2v) is 5.31. The molecule has 1 aromatic rings. The molecule has 1 saturated carbocycles. The lowest BCUT2D eigenvalue weighted by molar-refractivity contribution is 0.0925. The number of rotatable bonds is 4. The van der Waals surface area contributed by atoms with Crippen LogP contribution < -0.4 is 11.1 Å². The summed E-state index contributed by atoms with van der Waals surface area (Å²) in [7, 11) is 0. The predicted molar refractivity (Wildman–Crippen MR) is 74.3 cm³/mol. The van der Waals surface area contributed by atoms with Crippen molar-refractivity contribution in [2.75, 3.05) is 6.54 Å². The summed E-state index contributed by atoms with van der Waals surface area (Å²) in [5.41, 5.74) is 4.97. The van der Waals surface area contributed by atoms with Gasteiger partial charge in [-0.2, -0.15) is 0 Å². The van der Waals surface area contributed by atoms with Crippen LogP contribution in [-0.4, -0.2) is 18.5 Å². The van der Waals surface area contributed by atoms with E-state index in [2.05, 4.69) is 21.2 Å². The largest absolute Gasteiger partial charge is 0.348 e. The van der Waals surface area contributed by atoms with Crippen LogP contribution in [0, 0.1) is 17.6 Å². The molecule has 0 radical (unpaired) electrons. The van der Waals surface area contributed by atoms with Crippen LogP contribution in [0.2, 0.25) is 0 Å². The highest BCUT2D eigenvalue weighted by molar-refractivity contribution is 9.10. The molecule has 106 valence electrons. The van der Waals surface area contributed by atoms with Gasteiger partial charge in [0.2, 0.25) is 0 Å². The Balaban J connectivity index is 0.00000180. The van der Waals surface area contributed by atoms with Crippen molar-refractivity contribution in [2.45, 2.75) is 18.9 Å². The number of hydrogen-bond acceptors (Lipinski definition) is 2. The van der Waals surface area contributed by atoms with Crippen LogP contribution in [0.5, 0.6) is 0 Å². The maximum absolute atomic E-state index is 13.6. The number of nitrogens with two attached hydrogens (primary N) is 1. The summed E-state index contributed by atoms with van der Waals surface area (Å²) in [6.45, 7) is 0.274. The molecular weight excluding hydrogens is 341 g/mol. The molecule has 0 heterocycles. The first-order chi connectivity index (χ1) is 8.52. The molecule has 3 N–H and O–H groups in total. The Labute approximate surface area is 124 Å². The highest BCUT2D eigenvalue weighted by Gasteiger charge is 2.32. The molecule has 2 rings (SSSR count). The zero-order chi connectivity index (χ0) is 13.3. The molecule has 7 heteroatoms. The van der Waals surface area contributed by atoms with E-state index in [-0.39, 0.29) is 29.5 Å². The minimum atomic E-state index is -0.883. The van der Waals surface area contributed by atoms with Gasteiger partial charge in [-0.15, -0.1) is 12.4 Å². The quantitative estimate of drug-likeness (QED) is 0.872. The minimum Gasteiger partial charge on any atom is -0.348 e. The third kappa shape index (κ3) is 3.87. The maximum atomic E-state index is 13.6. The van der Waals surface area contributed by atoms with Gasteiger partial charge in [-0.3, -0.25) is 4.79 Å².